The molecule has 0 aliphatic carbocycles. The smallest absolute Gasteiger partial charge is 0.103 e. The molecule has 0 aliphatic heterocycles. The molecule has 1 aromatic rings. The summed E-state index contributed by atoms with van der Waals surface area (Å²) in [7, 11) is 0. The van der Waals surface area contributed by atoms with Gasteiger partial charge < -0.3 is 4.98 Å². The van der Waals surface area contributed by atoms with E-state index in [9.17, 15) is 0 Å². The molecule has 1 N–H and O–H groups in total. The minimum absolute atomic E-state index is 0.747. The number of pyridine rings is 1. The van der Waals surface area contributed by atoms with Crippen molar-refractivity contribution >= 4 is 30.9 Å². The van der Waals surface area contributed by atoms with E-state index in [2.05, 4.69) is 17.6 Å². The van der Waals surface area contributed by atoms with E-state index >= 15 is 0 Å². The van der Waals surface area contributed by atoms with Crippen LogP contribution in [0.4, 0.5) is 0 Å². The standard InChI is InChI=1S/C7H7NS2/c9-4-3-6-1-2-7(10)8-5-6/h1-5,9H,(H,8,10)/b4-3+. The number of H-pyrrole nitrogens is 1. The molecule has 1 aromatic heterocycles. The molecule has 1 nitrogen and oxygen atoms in total. The number of aromatic amines is 1. The Hall–Kier alpha value is -0.540. The molecule has 1 heterocycles. The fourth-order valence-electron chi connectivity index (χ4n) is 0.612. The van der Waals surface area contributed by atoms with E-state index < -0.39 is 0 Å². The van der Waals surface area contributed by atoms with E-state index in [0.29, 0.717) is 0 Å². The van der Waals surface area contributed by atoms with E-state index in [1.165, 1.54) is 0 Å². The van der Waals surface area contributed by atoms with E-state index in [1.54, 1.807) is 5.41 Å². The van der Waals surface area contributed by atoms with Crippen LogP contribution < -0.4 is 0 Å². The summed E-state index contributed by atoms with van der Waals surface area (Å²) in [6, 6.07) is 3.78. The second-order valence-electron chi connectivity index (χ2n) is 1.80. The van der Waals surface area contributed by atoms with Crippen LogP contribution >= 0.6 is 24.8 Å². The lowest BCUT2D eigenvalue weighted by Gasteiger charge is -1.88. The van der Waals surface area contributed by atoms with Crippen molar-refractivity contribution < 1.29 is 0 Å². The van der Waals surface area contributed by atoms with E-state index in [-0.39, 0.29) is 0 Å². The molecule has 0 amide bonds. The van der Waals surface area contributed by atoms with Crippen molar-refractivity contribution in [2.45, 2.75) is 0 Å². The van der Waals surface area contributed by atoms with Crippen LogP contribution in [0.3, 0.4) is 0 Å². The first-order chi connectivity index (χ1) is 4.83. The second kappa shape index (κ2) is 3.58. The van der Waals surface area contributed by atoms with Crippen molar-refractivity contribution in [3.63, 3.8) is 0 Å². The van der Waals surface area contributed by atoms with Crippen LogP contribution in [0.5, 0.6) is 0 Å². The molecular formula is C7H7NS2. The van der Waals surface area contributed by atoms with Crippen LogP contribution in [0.1, 0.15) is 5.56 Å². The van der Waals surface area contributed by atoms with Gasteiger partial charge in [-0.2, -0.15) is 12.6 Å². The van der Waals surface area contributed by atoms with Crippen LogP contribution in [0.2, 0.25) is 0 Å². The molecule has 0 saturated carbocycles. The predicted molar refractivity (Wildman–Crippen MR) is 49.6 cm³/mol. The Kier molecular flexibility index (Phi) is 2.71. The number of aromatic nitrogens is 1. The minimum atomic E-state index is 0.747. The Bertz CT molecular complexity index is 267. The number of hydrogen-bond acceptors (Lipinski definition) is 2. The van der Waals surface area contributed by atoms with Gasteiger partial charge in [-0.15, -0.1) is 0 Å². The molecule has 0 aromatic carbocycles. The fraction of sp³-hybridized carbons (Fsp3) is 0. The van der Waals surface area contributed by atoms with Crippen molar-refractivity contribution in [1.82, 2.24) is 4.98 Å². The zero-order valence-corrected chi connectivity index (χ0v) is 6.95. The molecule has 0 fully saturated rings. The average Bonchev–Trinajstić information content (AvgIpc) is 1.95. The highest BCUT2D eigenvalue weighted by molar-refractivity contribution is 7.83. The summed E-state index contributed by atoms with van der Waals surface area (Å²) in [6.07, 6.45) is 3.73. The summed E-state index contributed by atoms with van der Waals surface area (Å²) in [6.45, 7) is 0. The molecule has 1 rings (SSSR count). The van der Waals surface area contributed by atoms with Crippen LogP contribution in [0.15, 0.2) is 23.7 Å². The first-order valence-corrected chi connectivity index (χ1v) is 3.75. The van der Waals surface area contributed by atoms with Gasteiger partial charge in [-0.05, 0) is 23.1 Å². The summed E-state index contributed by atoms with van der Waals surface area (Å²) in [5, 5.41) is 1.69. The van der Waals surface area contributed by atoms with Gasteiger partial charge in [0.15, 0.2) is 0 Å². The summed E-state index contributed by atoms with van der Waals surface area (Å²) in [5.74, 6) is 0. The molecule has 0 radical (unpaired) electrons. The first-order valence-electron chi connectivity index (χ1n) is 2.82. The maximum atomic E-state index is 4.86. The van der Waals surface area contributed by atoms with Crippen LogP contribution in [0, 0.1) is 4.64 Å². The van der Waals surface area contributed by atoms with Crippen LogP contribution in [0.25, 0.3) is 6.08 Å². The van der Waals surface area contributed by atoms with Crippen LogP contribution in [-0.4, -0.2) is 4.98 Å². The number of hydrogen-bond donors (Lipinski definition) is 2. The minimum Gasteiger partial charge on any atom is -0.352 e. The molecule has 0 spiro atoms. The van der Waals surface area contributed by atoms with Gasteiger partial charge in [0.05, 0.1) is 0 Å². The fourth-order valence-corrected chi connectivity index (χ4v) is 0.911. The number of rotatable bonds is 1. The van der Waals surface area contributed by atoms with Gasteiger partial charge in [-0.25, -0.2) is 0 Å². The van der Waals surface area contributed by atoms with Crippen LogP contribution in [-0.2, 0) is 0 Å². The highest BCUT2D eigenvalue weighted by Gasteiger charge is 1.81. The zero-order valence-electron chi connectivity index (χ0n) is 5.24. The number of thiol groups is 1. The van der Waals surface area contributed by atoms with Crippen molar-refractivity contribution in [1.29, 1.82) is 0 Å². The summed E-state index contributed by atoms with van der Waals surface area (Å²) in [4.78, 5) is 2.91. The third-order valence-electron chi connectivity index (χ3n) is 1.08. The summed E-state index contributed by atoms with van der Waals surface area (Å²) in [5.41, 5.74) is 1.07. The third-order valence-corrected chi connectivity index (χ3v) is 1.48. The molecule has 0 saturated heterocycles. The van der Waals surface area contributed by atoms with Gasteiger partial charge in [-0.1, -0.05) is 18.3 Å². The monoisotopic (exact) mass is 169 g/mol. The number of nitrogens with one attached hydrogen (secondary N) is 1. The lowest BCUT2D eigenvalue weighted by molar-refractivity contribution is 1.29. The van der Waals surface area contributed by atoms with Crippen molar-refractivity contribution in [3.05, 3.63) is 33.9 Å². The Morgan fingerprint density at radius 2 is 2.30 bits per heavy atom. The van der Waals surface area contributed by atoms with Gasteiger partial charge in [0, 0.05) is 6.20 Å². The molecule has 3 heteroatoms. The Balaban J connectivity index is 3.00. The predicted octanol–water partition coefficient (Wildman–Crippen LogP) is 2.64. The zero-order chi connectivity index (χ0) is 7.40. The topological polar surface area (TPSA) is 15.8 Å². The van der Waals surface area contributed by atoms with Gasteiger partial charge >= 0.3 is 0 Å². The Morgan fingerprint density at radius 1 is 1.50 bits per heavy atom. The van der Waals surface area contributed by atoms with E-state index in [0.717, 1.165) is 10.2 Å². The highest BCUT2D eigenvalue weighted by atomic mass is 32.1. The second-order valence-corrected chi connectivity index (χ2v) is 2.54. The SMILES string of the molecule is S=c1ccc(/C=C/S)c[nH]1. The van der Waals surface area contributed by atoms with Crippen molar-refractivity contribution in [2.75, 3.05) is 0 Å². The average molecular weight is 169 g/mol. The molecule has 0 atom stereocenters. The highest BCUT2D eigenvalue weighted by Crippen LogP contribution is 1.99. The Morgan fingerprint density at radius 3 is 2.80 bits per heavy atom. The van der Waals surface area contributed by atoms with Gasteiger partial charge in [-0.3, -0.25) is 0 Å². The maximum Gasteiger partial charge on any atom is 0.103 e. The largest absolute Gasteiger partial charge is 0.352 e. The molecular weight excluding hydrogens is 162 g/mol. The van der Waals surface area contributed by atoms with E-state index in [4.69, 9.17) is 12.2 Å². The van der Waals surface area contributed by atoms with E-state index in [1.807, 2.05) is 24.4 Å². The van der Waals surface area contributed by atoms with Gasteiger partial charge in [0.2, 0.25) is 0 Å². The lowest BCUT2D eigenvalue weighted by Crippen LogP contribution is -1.74. The normalized spacial score (nSPS) is 10.5. The summed E-state index contributed by atoms with van der Waals surface area (Å²) >= 11 is 8.79. The maximum absolute atomic E-state index is 4.86. The van der Waals surface area contributed by atoms with Crippen molar-refractivity contribution in [2.24, 2.45) is 0 Å². The van der Waals surface area contributed by atoms with Gasteiger partial charge in [0.25, 0.3) is 0 Å². The third kappa shape index (κ3) is 2.01. The van der Waals surface area contributed by atoms with Gasteiger partial charge in [0.1, 0.15) is 4.64 Å². The first kappa shape index (κ1) is 7.57. The molecule has 10 heavy (non-hydrogen) atoms. The molecule has 0 bridgehead atoms. The quantitative estimate of drug-likeness (QED) is 0.488. The summed E-state index contributed by atoms with van der Waals surface area (Å²) < 4.78 is 0.747. The van der Waals surface area contributed by atoms with Crippen molar-refractivity contribution in [3.8, 4) is 0 Å². The Labute approximate surface area is 70.2 Å². The lowest BCUT2D eigenvalue weighted by atomic mass is 10.3. The molecule has 0 aliphatic rings. The molecule has 52 valence electrons. The molecule has 0 unspecified atom stereocenters.